The molecule has 2 amide bonds. The Morgan fingerprint density at radius 2 is 1.80 bits per heavy atom. The summed E-state index contributed by atoms with van der Waals surface area (Å²) in [7, 11) is 0. The summed E-state index contributed by atoms with van der Waals surface area (Å²) < 4.78 is 1.28. The summed E-state index contributed by atoms with van der Waals surface area (Å²) in [4.78, 5) is 43.9. The molecule has 7 nitrogen and oxygen atoms in total. The predicted octanol–water partition coefficient (Wildman–Crippen LogP) is 4.90. The maximum Gasteiger partial charge on any atom is 0.263 e. The SMILES string of the molecule is Cc1ccc(-c2csc3ncn(CC(=O)Nc4sc(-c5ccccc5)cc4C(N)=O)c(=O)c23)cc1. The van der Waals surface area contributed by atoms with Crippen LogP contribution in [-0.4, -0.2) is 21.4 Å². The number of anilines is 1. The zero-order valence-corrected chi connectivity index (χ0v) is 20.3. The zero-order valence-electron chi connectivity index (χ0n) is 18.6. The van der Waals surface area contributed by atoms with Gasteiger partial charge in [0.15, 0.2) is 0 Å². The molecule has 5 rings (SSSR count). The first-order valence-corrected chi connectivity index (χ1v) is 12.4. The van der Waals surface area contributed by atoms with Crippen molar-refractivity contribution < 1.29 is 9.59 Å². The normalized spacial score (nSPS) is 11.0. The summed E-state index contributed by atoms with van der Waals surface area (Å²) in [5.74, 6) is -1.09. The summed E-state index contributed by atoms with van der Waals surface area (Å²) in [6.07, 6.45) is 1.37. The van der Waals surface area contributed by atoms with Gasteiger partial charge in [0.25, 0.3) is 11.5 Å². The van der Waals surface area contributed by atoms with E-state index in [4.69, 9.17) is 5.73 Å². The smallest absolute Gasteiger partial charge is 0.263 e. The highest BCUT2D eigenvalue weighted by atomic mass is 32.1. The summed E-state index contributed by atoms with van der Waals surface area (Å²) in [5, 5.41) is 5.48. The van der Waals surface area contributed by atoms with Gasteiger partial charge in [0.1, 0.15) is 16.4 Å². The van der Waals surface area contributed by atoms with E-state index in [2.05, 4.69) is 10.3 Å². The third-order valence-electron chi connectivity index (χ3n) is 5.55. The molecule has 0 fully saturated rings. The molecule has 0 saturated carbocycles. The summed E-state index contributed by atoms with van der Waals surface area (Å²) in [6, 6.07) is 19.1. The first-order valence-electron chi connectivity index (χ1n) is 10.7. The van der Waals surface area contributed by atoms with Crippen LogP contribution in [0.2, 0.25) is 0 Å². The molecule has 0 aliphatic carbocycles. The molecule has 0 unspecified atom stereocenters. The van der Waals surface area contributed by atoms with Crippen LogP contribution in [0.25, 0.3) is 31.8 Å². The maximum atomic E-state index is 13.3. The molecule has 0 radical (unpaired) electrons. The second kappa shape index (κ2) is 9.28. The van der Waals surface area contributed by atoms with Crippen LogP contribution < -0.4 is 16.6 Å². The fraction of sp³-hybridized carbons (Fsp3) is 0.0769. The van der Waals surface area contributed by atoms with E-state index in [1.54, 1.807) is 6.07 Å². The number of carbonyl (C=O) groups excluding carboxylic acids is 2. The van der Waals surface area contributed by atoms with Gasteiger partial charge in [-0.1, -0.05) is 60.2 Å². The number of nitrogens with one attached hydrogen (secondary N) is 1. The number of aryl methyl sites for hydroxylation is 1. The van der Waals surface area contributed by atoms with Crippen LogP contribution in [0.1, 0.15) is 15.9 Å². The summed E-state index contributed by atoms with van der Waals surface area (Å²) >= 11 is 2.64. The Kier molecular flexibility index (Phi) is 6.02. The van der Waals surface area contributed by atoms with E-state index in [9.17, 15) is 14.4 Å². The van der Waals surface area contributed by atoms with Crippen LogP contribution in [0.5, 0.6) is 0 Å². The Balaban J connectivity index is 1.44. The van der Waals surface area contributed by atoms with Crippen LogP contribution in [0.3, 0.4) is 0 Å². The average Bonchev–Trinajstić information content (AvgIpc) is 3.47. The molecular formula is C26H20N4O3S2. The second-order valence-electron chi connectivity index (χ2n) is 8.01. The van der Waals surface area contributed by atoms with Crippen LogP contribution in [0.15, 0.2) is 77.2 Å². The Morgan fingerprint density at radius 3 is 2.51 bits per heavy atom. The Morgan fingerprint density at radius 1 is 1.06 bits per heavy atom. The number of primary amides is 1. The first kappa shape index (κ1) is 22.7. The van der Waals surface area contributed by atoms with Gasteiger partial charge >= 0.3 is 0 Å². The second-order valence-corrected chi connectivity index (χ2v) is 9.92. The number of benzene rings is 2. The van der Waals surface area contributed by atoms with Crippen molar-refractivity contribution >= 4 is 49.7 Å². The fourth-order valence-corrected chi connectivity index (χ4v) is 5.75. The lowest BCUT2D eigenvalue weighted by atomic mass is 10.1. The van der Waals surface area contributed by atoms with Gasteiger partial charge in [0.05, 0.1) is 17.3 Å². The quantitative estimate of drug-likeness (QED) is 0.346. The average molecular weight is 501 g/mol. The minimum atomic E-state index is -0.639. The van der Waals surface area contributed by atoms with Gasteiger partial charge in [0.2, 0.25) is 5.91 Å². The van der Waals surface area contributed by atoms with Crippen molar-refractivity contribution in [2.75, 3.05) is 5.32 Å². The number of hydrogen-bond acceptors (Lipinski definition) is 6. The lowest BCUT2D eigenvalue weighted by Crippen LogP contribution is -2.28. The van der Waals surface area contributed by atoms with Crippen LogP contribution >= 0.6 is 22.7 Å². The van der Waals surface area contributed by atoms with Crippen LogP contribution in [0.4, 0.5) is 5.00 Å². The van der Waals surface area contributed by atoms with Crippen molar-refractivity contribution in [2.45, 2.75) is 13.5 Å². The molecule has 0 spiro atoms. The number of hydrogen-bond donors (Lipinski definition) is 2. The molecule has 3 aromatic heterocycles. The maximum absolute atomic E-state index is 13.3. The molecule has 9 heteroatoms. The molecule has 0 saturated heterocycles. The van der Waals surface area contributed by atoms with E-state index >= 15 is 0 Å². The number of aromatic nitrogens is 2. The lowest BCUT2D eigenvalue weighted by Gasteiger charge is -2.08. The molecule has 3 heterocycles. The predicted molar refractivity (Wildman–Crippen MR) is 141 cm³/mol. The molecule has 0 atom stereocenters. The van der Waals surface area contributed by atoms with E-state index in [0.717, 1.165) is 27.1 Å². The first-order chi connectivity index (χ1) is 16.9. The number of carbonyl (C=O) groups is 2. The van der Waals surface area contributed by atoms with Gasteiger partial charge in [-0.05, 0) is 24.1 Å². The van der Waals surface area contributed by atoms with Crippen molar-refractivity contribution in [1.29, 1.82) is 0 Å². The molecule has 2 aromatic carbocycles. The summed E-state index contributed by atoms with van der Waals surface area (Å²) in [6.45, 7) is 1.75. The Bertz CT molecular complexity index is 1620. The van der Waals surface area contributed by atoms with E-state index in [1.165, 1.54) is 33.6 Å². The topological polar surface area (TPSA) is 107 Å². The van der Waals surface area contributed by atoms with Crippen molar-refractivity contribution in [3.63, 3.8) is 0 Å². The highest BCUT2D eigenvalue weighted by Gasteiger charge is 2.19. The number of nitrogens with zero attached hydrogens (tertiary/aromatic N) is 2. The lowest BCUT2D eigenvalue weighted by molar-refractivity contribution is -0.116. The number of nitrogens with two attached hydrogens (primary N) is 1. The van der Waals surface area contributed by atoms with Gasteiger partial charge in [-0.25, -0.2) is 4.98 Å². The molecule has 0 aliphatic rings. The molecule has 174 valence electrons. The van der Waals surface area contributed by atoms with Crippen LogP contribution in [0, 0.1) is 6.92 Å². The molecule has 0 bridgehead atoms. The molecule has 0 aliphatic heterocycles. The fourth-order valence-electron chi connectivity index (χ4n) is 3.76. The van der Waals surface area contributed by atoms with Crippen molar-refractivity contribution in [2.24, 2.45) is 5.73 Å². The minimum absolute atomic E-state index is 0.225. The molecule has 35 heavy (non-hydrogen) atoms. The van der Waals surface area contributed by atoms with Gasteiger partial charge in [-0.15, -0.1) is 22.7 Å². The van der Waals surface area contributed by atoms with Crippen LogP contribution in [-0.2, 0) is 11.3 Å². The highest BCUT2D eigenvalue weighted by molar-refractivity contribution is 7.20. The molecular weight excluding hydrogens is 480 g/mol. The van der Waals surface area contributed by atoms with Gasteiger partial charge < -0.3 is 11.1 Å². The van der Waals surface area contributed by atoms with Gasteiger partial charge in [-0.3, -0.25) is 19.0 Å². The minimum Gasteiger partial charge on any atom is -0.366 e. The standard InChI is InChI=1S/C26H20N4O3S2/c1-15-7-9-16(10-8-15)19-13-34-25-22(19)26(33)30(14-28-25)12-21(31)29-24-18(23(27)32)11-20(35-24)17-5-3-2-4-6-17/h2-11,13-14H,12H2,1H3,(H2,27,32)(H,29,31). The number of thiophene rings is 2. The number of fused-ring (bicyclic) bond motifs is 1. The zero-order chi connectivity index (χ0) is 24.5. The van der Waals surface area contributed by atoms with E-state index in [-0.39, 0.29) is 17.7 Å². The van der Waals surface area contributed by atoms with Gasteiger partial charge in [-0.2, -0.15) is 0 Å². The van der Waals surface area contributed by atoms with E-state index in [1.807, 2.05) is 66.9 Å². The van der Waals surface area contributed by atoms with E-state index < -0.39 is 11.8 Å². The summed E-state index contributed by atoms with van der Waals surface area (Å²) in [5.41, 5.74) is 9.21. The number of amides is 2. The van der Waals surface area contributed by atoms with E-state index in [0.29, 0.717) is 15.2 Å². The van der Waals surface area contributed by atoms with Crippen molar-refractivity contribution in [3.8, 4) is 21.6 Å². The molecule has 3 N–H and O–H groups in total. The number of rotatable bonds is 6. The molecule has 5 aromatic rings. The Hall–Kier alpha value is -4.08. The largest absolute Gasteiger partial charge is 0.366 e. The third kappa shape index (κ3) is 4.51. The van der Waals surface area contributed by atoms with Gasteiger partial charge in [0, 0.05) is 15.8 Å². The Labute approximate surface area is 208 Å². The highest BCUT2D eigenvalue weighted by Crippen LogP contribution is 2.35. The van der Waals surface area contributed by atoms with Crippen molar-refractivity contribution in [3.05, 3.63) is 93.9 Å². The monoisotopic (exact) mass is 500 g/mol. The van der Waals surface area contributed by atoms with Crippen molar-refractivity contribution in [1.82, 2.24) is 9.55 Å². The third-order valence-corrected chi connectivity index (χ3v) is 7.53.